The standard InChI is InChI=1S/C11H7F4NOS/c1-5-9(10(17)11(13,14)15)18-7-4-2-3-6(12)8(7)16-5/h2-4,16H,1H3. The molecule has 1 aromatic carbocycles. The summed E-state index contributed by atoms with van der Waals surface area (Å²) in [6, 6.07) is 4.02. The van der Waals surface area contributed by atoms with Gasteiger partial charge in [-0.25, -0.2) is 4.39 Å². The SMILES string of the molecule is CC1=C(C(=O)C(F)(F)F)Sc2cccc(F)c2N1. The van der Waals surface area contributed by atoms with Gasteiger partial charge in [0.1, 0.15) is 5.82 Å². The molecule has 0 amide bonds. The molecule has 1 aromatic rings. The van der Waals surface area contributed by atoms with E-state index in [1.54, 1.807) is 0 Å². The van der Waals surface area contributed by atoms with Crippen LogP contribution in [-0.4, -0.2) is 12.0 Å². The molecule has 0 spiro atoms. The van der Waals surface area contributed by atoms with Crippen LogP contribution < -0.4 is 5.32 Å². The van der Waals surface area contributed by atoms with Crippen molar-refractivity contribution in [3.63, 3.8) is 0 Å². The predicted octanol–water partition coefficient (Wildman–Crippen LogP) is 3.71. The zero-order chi connectivity index (χ0) is 13.5. The number of carbonyl (C=O) groups excluding carboxylic acids is 1. The fourth-order valence-electron chi connectivity index (χ4n) is 1.49. The third kappa shape index (κ3) is 2.22. The van der Waals surface area contributed by atoms with Gasteiger partial charge in [0, 0.05) is 10.6 Å². The first-order valence-corrected chi connectivity index (χ1v) is 5.68. The van der Waals surface area contributed by atoms with Crippen molar-refractivity contribution < 1.29 is 22.4 Å². The molecular formula is C11H7F4NOS. The molecule has 0 radical (unpaired) electrons. The Morgan fingerprint density at radius 3 is 2.61 bits per heavy atom. The Labute approximate surface area is 104 Å². The van der Waals surface area contributed by atoms with E-state index in [4.69, 9.17) is 0 Å². The Hall–Kier alpha value is -1.50. The Balaban J connectivity index is 2.41. The van der Waals surface area contributed by atoms with Crippen molar-refractivity contribution in [3.05, 3.63) is 34.6 Å². The number of benzene rings is 1. The Morgan fingerprint density at radius 2 is 2.00 bits per heavy atom. The van der Waals surface area contributed by atoms with Gasteiger partial charge in [0.15, 0.2) is 0 Å². The van der Waals surface area contributed by atoms with Gasteiger partial charge in [-0.1, -0.05) is 17.8 Å². The summed E-state index contributed by atoms with van der Waals surface area (Å²) in [4.78, 5) is 11.0. The van der Waals surface area contributed by atoms with Gasteiger partial charge in [0.25, 0.3) is 5.78 Å². The number of ketones is 1. The van der Waals surface area contributed by atoms with Crippen molar-refractivity contribution >= 4 is 23.2 Å². The summed E-state index contributed by atoms with van der Waals surface area (Å²) in [6.07, 6.45) is -4.93. The number of para-hydroxylation sites is 1. The number of carbonyl (C=O) groups is 1. The molecule has 1 aliphatic rings. The molecule has 1 N–H and O–H groups in total. The van der Waals surface area contributed by atoms with Crippen molar-refractivity contribution in [3.8, 4) is 0 Å². The number of Topliss-reactive ketones (excluding diaryl/α,β-unsaturated/α-hetero) is 1. The van der Waals surface area contributed by atoms with E-state index in [9.17, 15) is 22.4 Å². The van der Waals surface area contributed by atoms with Gasteiger partial charge >= 0.3 is 6.18 Å². The molecule has 0 atom stereocenters. The summed E-state index contributed by atoms with van der Waals surface area (Å²) in [6.45, 7) is 1.31. The van der Waals surface area contributed by atoms with E-state index in [1.165, 1.54) is 25.1 Å². The third-order valence-electron chi connectivity index (χ3n) is 2.30. The van der Waals surface area contributed by atoms with Crippen LogP contribution in [0.1, 0.15) is 6.92 Å². The molecule has 2 rings (SSSR count). The highest BCUT2D eigenvalue weighted by Gasteiger charge is 2.43. The number of allylic oxidation sites excluding steroid dienone is 2. The molecule has 18 heavy (non-hydrogen) atoms. The molecule has 0 unspecified atom stereocenters. The van der Waals surface area contributed by atoms with Gasteiger partial charge in [-0.3, -0.25) is 4.79 Å². The van der Waals surface area contributed by atoms with E-state index in [2.05, 4.69) is 5.32 Å². The lowest BCUT2D eigenvalue weighted by Gasteiger charge is -2.22. The van der Waals surface area contributed by atoms with E-state index in [-0.39, 0.29) is 16.3 Å². The van der Waals surface area contributed by atoms with E-state index in [1.807, 2.05) is 0 Å². The van der Waals surface area contributed by atoms with E-state index in [0.29, 0.717) is 11.8 Å². The maximum atomic E-state index is 13.4. The van der Waals surface area contributed by atoms with Crippen LogP contribution in [0.4, 0.5) is 23.2 Å². The zero-order valence-electron chi connectivity index (χ0n) is 9.06. The van der Waals surface area contributed by atoms with Crippen LogP contribution in [0.5, 0.6) is 0 Å². The molecule has 0 saturated carbocycles. The van der Waals surface area contributed by atoms with Gasteiger partial charge < -0.3 is 5.32 Å². The van der Waals surface area contributed by atoms with Crippen LogP contribution >= 0.6 is 11.8 Å². The lowest BCUT2D eigenvalue weighted by Crippen LogP contribution is -2.26. The van der Waals surface area contributed by atoms with Crippen molar-refractivity contribution in [1.82, 2.24) is 0 Å². The summed E-state index contributed by atoms with van der Waals surface area (Å²) in [7, 11) is 0. The average molecular weight is 277 g/mol. The Morgan fingerprint density at radius 1 is 1.33 bits per heavy atom. The normalized spacial score (nSPS) is 15.2. The van der Waals surface area contributed by atoms with Crippen molar-refractivity contribution in [2.45, 2.75) is 18.0 Å². The number of nitrogens with one attached hydrogen (secondary N) is 1. The summed E-state index contributed by atoms with van der Waals surface area (Å²) in [5, 5.41) is 2.49. The monoisotopic (exact) mass is 277 g/mol. The van der Waals surface area contributed by atoms with Gasteiger partial charge in [0.2, 0.25) is 0 Å². The number of fused-ring (bicyclic) bond motifs is 1. The Bertz CT molecular complexity index is 550. The van der Waals surface area contributed by atoms with E-state index in [0.717, 1.165) is 0 Å². The number of alkyl halides is 3. The molecule has 0 bridgehead atoms. The fourth-order valence-corrected chi connectivity index (χ4v) is 2.52. The number of hydrogen-bond acceptors (Lipinski definition) is 3. The second kappa shape index (κ2) is 4.31. The number of hydrogen-bond donors (Lipinski definition) is 1. The molecule has 2 nitrogen and oxygen atoms in total. The summed E-state index contributed by atoms with van der Waals surface area (Å²) >= 11 is 0.622. The van der Waals surface area contributed by atoms with Crippen LogP contribution in [0, 0.1) is 5.82 Å². The number of rotatable bonds is 1. The van der Waals surface area contributed by atoms with Crippen molar-refractivity contribution in [2.24, 2.45) is 0 Å². The first-order valence-electron chi connectivity index (χ1n) is 4.86. The fraction of sp³-hybridized carbons (Fsp3) is 0.182. The van der Waals surface area contributed by atoms with Crippen molar-refractivity contribution in [1.29, 1.82) is 0 Å². The third-order valence-corrected chi connectivity index (χ3v) is 3.56. The first kappa shape index (κ1) is 12.9. The maximum absolute atomic E-state index is 13.4. The lowest BCUT2D eigenvalue weighted by atomic mass is 10.2. The van der Waals surface area contributed by atoms with E-state index >= 15 is 0 Å². The van der Waals surface area contributed by atoms with Crippen LogP contribution in [0.3, 0.4) is 0 Å². The minimum absolute atomic E-state index is 0.0000694. The zero-order valence-corrected chi connectivity index (χ0v) is 9.88. The maximum Gasteiger partial charge on any atom is 0.455 e. The number of thioether (sulfide) groups is 1. The molecule has 7 heteroatoms. The van der Waals surface area contributed by atoms with E-state index < -0.39 is 22.7 Å². The second-order valence-electron chi connectivity index (χ2n) is 3.62. The minimum atomic E-state index is -4.93. The second-order valence-corrected chi connectivity index (χ2v) is 4.67. The highest BCUT2D eigenvalue weighted by atomic mass is 32.2. The summed E-state index contributed by atoms with van der Waals surface area (Å²) < 4.78 is 50.5. The highest BCUT2D eigenvalue weighted by Crippen LogP contribution is 2.43. The molecule has 0 fully saturated rings. The minimum Gasteiger partial charge on any atom is -0.355 e. The van der Waals surface area contributed by atoms with Gasteiger partial charge in [-0.2, -0.15) is 13.2 Å². The smallest absolute Gasteiger partial charge is 0.355 e. The van der Waals surface area contributed by atoms with Crippen LogP contribution in [0.15, 0.2) is 33.7 Å². The number of anilines is 1. The lowest BCUT2D eigenvalue weighted by molar-refractivity contribution is -0.165. The predicted molar refractivity (Wildman–Crippen MR) is 59.6 cm³/mol. The van der Waals surface area contributed by atoms with Crippen LogP contribution in [-0.2, 0) is 4.79 Å². The van der Waals surface area contributed by atoms with Gasteiger partial charge in [0.05, 0.1) is 10.6 Å². The number of halogens is 4. The summed E-state index contributed by atoms with van der Waals surface area (Å²) in [5.41, 5.74) is 0.0960. The highest BCUT2D eigenvalue weighted by molar-refractivity contribution is 8.04. The molecule has 1 aliphatic heterocycles. The molecule has 96 valence electrons. The molecule has 0 saturated heterocycles. The molecule has 0 aliphatic carbocycles. The molecular weight excluding hydrogens is 270 g/mol. The summed E-state index contributed by atoms with van der Waals surface area (Å²) in [5.74, 6) is -2.50. The van der Waals surface area contributed by atoms with Crippen molar-refractivity contribution in [2.75, 3.05) is 5.32 Å². The topological polar surface area (TPSA) is 29.1 Å². The van der Waals surface area contributed by atoms with Crippen LogP contribution in [0.25, 0.3) is 0 Å². The molecule has 1 heterocycles. The Kier molecular flexibility index (Phi) is 3.10. The average Bonchev–Trinajstić information content (AvgIpc) is 2.27. The first-order chi connectivity index (χ1) is 8.30. The quantitative estimate of drug-likeness (QED) is 0.793. The van der Waals surface area contributed by atoms with Crippen LogP contribution in [0.2, 0.25) is 0 Å². The van der Waals surface area contributed by atoms with Gasteiger partial charge in [-0.15, -0.1) is 0 Å². The van der Waals surface area contributed by atoms with Gasteiger partial charge in [-0.05, 0) is 19.1 Å². The largest absolute Gasteiger partial charge is 0.455 e. The molecule has 0 aromatic heterocycles.